The van der Waals surface area contributed by atoms with Gasteiger partial charge < -0.3 is 15.6 Å². The fourth-order valence-electron chi connectivity index (χ4n) is 1.57. The highest BCUT2D eigenvalue weighted by molar-refractivity contribution is 5.81. The summed E-state index contributed by atoms with van der Waals surface area (Å²) in [4.78, 5) is 20.2. The Morgan fingerprint density at radius 2 is 1.83 bits per heavy atom. The smallest absolute Gasteiger partial charge is 0.374 e. The van der Waals surface area contributed by atoms with E-state index in [2.05, 4.69) is 23.8 Å². The summed E-state index contributed by atoms with van der Waals surface area (Å²) in [7, 11) is 1.35. The van der Waals surface area contributed by atoms with Crippen molar-refractivity contribution in [2.24, 2.45) is 11.7 Å². The molecule has 1 rings (SSSR count). The van der Waals surface area contributed by atoms with E-state index in [9.17, 15) is 18.4 Å². The Labute approximate surface area is 140 Å². The number of carbonyl (C=O) groups excluding carboxylic acids is 1. The lowest BCUT2D eigenvalue weighted by Gasteiger charge is -2.16. The van der Waals surface area contributed by atoms with Crippen LogP contribution in [0.1, 0.15) is 19.4 Å². The first-order valence-electron chi connectivity index (χ1n) is 7.24. The highest BCUT2D eigenvalue weighted by atomic mass is 19.3. The molecule has 24 heavy (non-hydrogen) atoms. The molecule has 2 atom stereocenters. The highest BCUT2D eigenvalue weighted by Crippen LogP contribution is 2.11. The van der Waals surface area contributed by atoms with Gasteiger partial charge >= 0.3 is 17.9 Å². The second kappa shape index (κ2) is 10.5. The highest BCUT2D eigenvalue weighted by Gasteiger charge is 2.31. The summed E-state index contributed by atoms with van der Waals surface area (Å²) >= 11 is 0. The summed E-state index contributed by atoms with van der Waals surface area (Å²) in [6.07, 6.45) is 3.97. The molecule has 0 amide bonds. The van der Waals surface area contributed by atoms with E-state index >= 15 is 0 Å². The maximum absolute atomic E-state index is 11.2. The van der Waals surface area contributed by atoms with Crippen LogP contribution in [-0.2, 0) is 20.7 Å². The summed E-state index contributed by atoms with van der Waals surface area (Å²) in [6.45, 7) is 2.40. The Hall–Kier alpha value is -2.28. The van der Waals surface area contributed by atoms with Crippen molar-refractivity contribution in [2.75, 3.05) is 7.11 Å². The van der Waals surface area contributed by atoms with Crippen molar-refractivity contribution >= 4 is 11.9 Å². The monoisotopic (exact) mass is 343 g/mol. The van der Waals surface area contributed by atoms with E-state index in [1.807, 2.05) is 18.2 Å². The van der Waals surface area contributed by atoms with Gasteiger partial charge in [-0.05, 0) is 17.9 Å². The lowest BCUT2D eigenvalue weighted by molar-refractivity contribution is -0.161. The first kappa shape index (κ1) is 21.7. The predicted molar refractivity (Wildman–Crippen MR) is 86.7 cm³/mol. The van der Waals surface area contributed by atoms with Gasteiger partial charge in [-0.2, -0.15) is 8.78 Å². The van der Waals surface area contributed by atoms with Crippen LogP contribution in [0.5, 0.6) is 0 Å². The van der Waals surface area contributed by atoms with Gasteiger partial charge in [0, 0.05) is 19.0 Å². The molecule has 0 heterocycles. The van der Waals surface area contributed by atoms with E-state index in [-0.39, 0.29) is 17.9 Å². The number of carboxylic acids is 1. The Bertz CT molecular complexity index is 541. The molecule has 0 aliphatic rings. The first-order valence-corrected chi connectivity index (χ1v) is 7.24. The molecule has 1 unspecified atom stereocenters. The Balaban J connectivity index is 0.000000640. The van der Waals surface area contributed by atoms with Gasteiger partial charge in [0.25, 0.3) is 0 Å². The number of esters is 1. The molecular formula is C17H23F2NO4. The van der Waals surface area contributed by atoms with E-state index < -0.39 is 11.9 Å². The minimum Gasteiger partial charge on any atom is -0.477 e. The number of methoxy groups -OCH3 is 1. The Morgan fingerprint density at radius 1 is 1.33 bits per heavy atom. The average molecular weight is 343 g/mol. The van der Waals surface area contributed by atoms with Gasteiger partial charge in [-0.1, -0.05) is 43.3 Å². The molecule has 3 N–H and O–H groups in total. The maximum atomic E-state index is 11.2. The number of ether oxygens (including phenoxy) is 1. The van der Waals surface area contributed by atoms with Crippen molar-refractivity contribution in [3.63, 3.8) is 0 Å². The fraction of sp³-hybridized carbons (Fsp3) is 0.412. The second-order valence-electron chi connectivity index (χ2n) is 5.32. The van der Waals surface area contributed by atoms with E-state index in [0.717, 1.165) is 6.42 Å². The minimum absolute atomic E-state index is 0.144. The van der Waals surface area contributed by atoms with E-state index in [0.29, 0.717) is 6.92 Å². The number of benzene rings is 1. The molecule has 0 radical (unpaired) electrons. The van der Waals surface area contributed by atoms with E-state index in [1.54, 1.807) is 6.08 Å². The van der Waals surface area contributed by atoms with Crippen LogP contribution in [-0.4, -0.2) is 36.1 Å². The molecule has 0 fully saturated rings. The molecule has 0 aliphatic carbocycles. The largest absolute Gasteiger partial charge is 0.477 e. The number of hydrogen-bond acceptors (Lipinski definition) is 4. The van der Waals surface area contributed by atoms with Crippen LogP contribution < -0.4 is 5.73 Å². The summed E-state index contributed by atoms with van der Waals surface area (Å²) in [5.41, 5.74) is 7.23. The van der Waals surface area contributed by atoms with Crippen molar-refractivity contribution in [3.8, 4) is 0 Å². The van der Waals surface area contributed by atoms with Gasteiger partial charge in [0.2, 0.25) is 0 Å². The summed E-state index contributed by atoms with van der Waals surface area (Å²) in [5.74, 6) is -5.77. The van der Waals surface area contributed by atoms with Crippen LogP contribution in [0.25, 0.3) is 0 Å². The molecule has 0 saturated heterocycles. The molecule has 0 aromatic heterocycles. The number of halogens is 2. The zero-order chi connectivity index (χ0) is 18.8. The second-order valence-corrected chi connectivity index (χ2v) is 5.32. The number of alkyl halides is 2. The normalized spacial score (nSPS) is 13.6. The lowest BCUT2D eigenvalue weighted by Crippen LogP contribution is -2.27. The van der Waals surface area contributed by atoms with Crippen molar-refractivity contribution in [2.45, 2.75) is 32.2 Å². The third kappa shape index (κ3) is 9.68. The molecule has 134 valence electrons. The number of carbonyl (C=O) groups is 2. The Kier molecular flexibility index (Phi) is 9.49. The van der Waals surface area contributed by atoms with Gasteiger partial charge in [0.05, 0.1) is 7.11 Å². The van der Waals surface area contributed by atoms with E-state index in [1.165, 1.54) is 18.7 Å². The van der Waals surface area contributed by atoms with Crippen molar-refractivity contribution < 1.29 is 28.2 Å². The molecule has 0 aliphatic heterocycles. The summed E-state index contributed by atoms with van der Waals surface area (Å²) < 4.78 is 27.0. The molecular weight excluding hydrogens is 320 g/mol. The molecule has 1 aromatic rings. The average Bonchev–Trinajstić information content (AvgIpc) is 2.52. The van der Waals surface area contributed by atoms with Gasteiger partial charge in [-0.3, -0.25) is 0 Å². The van der Waals surface area contributed by atoms with Crippen LogP contribution in [0.4, 0.5) is 8.78 Å². The number of aliphatic carboxylic acids is 1. The van der Waals surface area contributed by atoms with Crippen molar-refractivity contribution in [3.05, 3.63) is 48.0 Å². The topological polar surface area (TPSA) is 89.6 Å². The minimum atomic E-state index is -3.58. The third-order valence-electron chi connectivity index (χ3n) is 3.09. The van der Waals surface area contributed by atoms with E-state index in [4.69, 9.17) is 10.8 Å². The van der Waals surface area contributed by atoms with Gasteiger partial charge in [-0.15, -0.1) is 0 Å². The number of rotatable bonds is 6. The summed E-state index contributed by atoms with van der Waals surface area (Å²) in [6, 6.07) is 10.0. The maximum Gasteiger partial charge on any atom is 0.374 e. The van der Waals surface area contributed by atoms with Crippen molar-refractivity contribution in [1.29, 1.82) is 0 Å². The van der Waals surface area contributed by atoms with Crippen LogP contribution in [0, 0.1) is 5.92 Å². The molecule has 0 saturated carbocycles. The predicted octanol–water partition coefficient (Wildman–Crippen LogP) is 2.65. The zero-order valence-electron chi connectivity index (χ0n) is 13.9. The van der Waals surface area contributed by atoms with Crippen LogP contribution in [0.2, 0.25) is 0 Å². The van der Waals surface area contributed by atoms with Crippen LogP contribution >= 0.6 is 0 Å². The standard InChI is InChI=1S/C14H19NO2.C3H4F2O2/c1-11(10-12-6-4-3-5-7-12)13(15)8-9-14(16)17-2;1-3(4,5)2(6)7/h3-9,11,13H,10,15H2,1-2H3;1H3,(H,6,7)/b9-8+;/t11?,13-;/m1./s1. The molecule has 1 aromatic carbocycles. The number of hydrogen-bond donors (Lipinski definition) is 2. The number of nitrogens with two attached hydrogens (primary N) is 1. The molecule has 7 heteroatoms. The van der Waals surface area contributed by atoms with Crippen LogP contribution in [0.15, 0.2) is 42.5 Å². The van der Waals surface area contributed by atoms with Gasteiger partial charge in [0.1, 0.15) is 0 Å². The van der Waals surface area contributed by atoms with Gasteiger partial charge in [-0.25, -0.2) is 9.59 Å². The van der Waals surface area contributed by atoms with Gasteiger partial charge in [0.15, 0.2) is 0 Å². The SMILES string of the molecule is CC(F)(F)C(=O)O.COC(=O)/C=C/[C@@H](N)C(C)Cc1ccccc1. The first-order chi connectivity index (χ1) is 11.1. The number of carboxylic acid groups (broad SMARTS) is 1. The Morgan fingerprint density at radius 3 is 2.25 bits per heavy atom. The van der Waals surface area contributed by atoms with Crippen LogP contribution in [0.3, 0.4) is 0 Å². The summed E-state index contributed by atoms with van der Waals surface area (Å²) in [5, 5.41) is 7.50. The molecule has 0 spiro atoms. The lowest BCUT2D eigenvalue weighted by atomic mass is 9.94. The fourth-order valence-corrected chi connectivity index (χ4v) is 1.57. The zero-order valence-corrected chi connectivity index (χ0v) is 13.9. The third-order valence-corrected chi connectivity index (χ3v) is 3.09. The quantitative estimate of drug-likeness (QED) is 0.612. The molecule has 0 bridgehead atoms. The van der Waals surface area contributed by atoms with Crippen molar-refractivity contribution in [1.82, 2.24) is 0 Å². The molecule has 5 nitrogen and oxygen atoms in total.